The van der Waals surface area contributed by atoms with E-state index in [9.17, 15) is 13.2 Å². The van der Waals surface area contributed by atoms with Crippen LogP contribution in [0.2, 0.25) is 5.02 Å². The monoisotopic (exact) mass is 485 g/mol. The van der Waals surface area contributed by atoms with Crippen LogP contribution in [0.15, 0.2) is 76.7 Å². The van der Waals surface area contributed by atoms with Crippen molar-refractivity contribution in [3.8, 4) is 11.5 Å². The zero-order valence-electron chi connectivity index (χ0n) is 17.6. The van der Waals surface area contributed by atoms with E-state index in [4.69, 9.17) is 21.1 Å². The Kier molecular flexibility index (Phi) is 6.52. The molecule has 1 aliphatic heterocycles. The first-order chi connectivity index (χ1) is 15.9. The standard InChI is InChI=1S/C23H20ClN3O5S/c1-16-19(24)8-5-9-20(16)27(33(29,30)18-6-3-2-4-7-18)14-23(28)26-25-13-17-10-11-21-22(12-17)32-15-31-21/h2-13H,14-15H2,1H3,(H,26,28)/b25-13-. The van der Waals surface area contributed by atoms with Crippen LogP contribution in [-0.2, 0) is 14.8 Å². The maximum absolute atomic E-state index is 13.4. The average Bonchev–Trinajstić information content (AvgIpc) is 3.28. The third kappa shape index (κ3) is 4.94. The number of carbonyl (C=O) groups excluding carboxylic acids is 1. The van der Waals surface area contributed by atoms with E-state index in [1.54, 1.807) is 61.5 Å². The fourth-order valence-corrected chi connectivity index (χ4v) is 4.89. The van der Waals surface area contributed by atoms with Gasteiger partial charge in [-0.2, -0.15) is 5.10 Å². The van der Waals surface area contributed by atoms with E-state index in [1.165, 1.54) is 18.3 Å². The maximum atomic E-state index is 13.4. The number of nitrogens with one attached hydrogen (secondary N) is 1. The molecule has 0 aromatic heterocycles. The van der Waals surface area contributed by atoms with Crippen LogP contribution in [0, 0.1) is 6.92 Å². The molecule has 1 heterocycles. The first-order valence-corrected chi connectivity index (χ1v) is 11.7. The van der Waals surface area contributed by atoms with E-state index in [2.05, 4.69) is 10.5 Å². The molecular formula is C23H20ClN3O5S. The number of anilines is 1. The molecule has 3 aromatic carbocycles. The van der Waals surface area contributed by atoms with Crippen molar-refractivity contribution in [3.63, 3.8) is 0 Å². The first kappa shape index (κ1) is 22.6. The van der Waals surface area contributed by atoms with Gasteiger partial charge >= 0.3 is 0 Å². The SMILES string of the molecule is Cc1c(Cl)cccc1N(CC(=O)N/N=C\c1ccc2c(c1)OCO2)S(=O)(=O)c1ccccc1. The molecule has 0 bridgehead atoms. The highest BCUT2D eigenvalue weighted by molar-refractivity contribution is 7.92. The zero-order valence-corrected chi connectivity index (χ0v) is 19.1. The molecule has 170 valence electrons. The molecule has 0 radical (unpaired) electrons. The van der Waals surface area contributed by atoms with E-state index in [0.29, 0.717) is 33.3 Å². The van der Waals surface area contributed by atoms with Crippen LogP contribution in [0.4, 0.5) is 5.69 Å². The lowest BCUT2D eigenvalue weighted by Gasteiger charge is -2.25. The molecule has 4 rings (SSSR count). The number of halogens is 1. The Balaban J connectivity index is 1.56. The van der Waals surface area contributed by atoms with E-state index in [1.807, 2.05) is 0 Å². The van der Waals surface area contributed by atoms with Crippen molar-refractivity contribution in [1.29, 1.82) is 0 Å². The number of fused-ring (bicyclic) bond motifs is 1. The van der Waals surface area contributed by atoms with Gasteiger partial charge in [0.15, 0.2) is 11.5 Å². The van der Waals surface area contributed by atoms with Crippen LogP contribution < -0.4 is 19.2 Å². The molecule has 1 aliphatic rings. The van der Waals surface area contributed by atoms with Gasteiger partial charge in [0.05, 0.1) is 16.8 Å². The summed E-state index contributed by atoms with van der Waals surface area (Å²) >= 11 is 6.22. The van der Waals surface area contributed by atoms with Gasteiger partial charge in [-0.3, -0.25) is 9.10 Å². The van der Waals surface area contributed by atoms with Crippen molar-refractivity contribution >= 4 is 39.4 Å². The Bertz CT molecular complexity index is 1310. The van der Waals surface area contributed by atoms with Crippen LogP contribution >= 0.6 is 11.6 Å². The van der Waals surface area contributed by atoms with Gasteiger partial charge in [0.1, 0.15) is 6.54 Å². The van der Waals surface area contributed by atoms with E-state index >= 15 is 0 Å². The summed E-state index contributed by atoms with van der Waals surface area (Å²) in [5.41, 5.74) is 3.90. The van der Waals surface area contributed by atoms with Crippen molar-refractivity contribution < 1.29 is 22.7 Å². The van der Waals surface area contributed by atoms with Gasteiger partial charge in [0, 0.05) is 5.02 Å². The Labute approximate surface area is 196 Å². The summed E-state index contributed by atoms with van der Waals surface area (Å²) in [6.45, 7) is 1.36. The summed E-state index contributed by atoms with van der Waals surface area (Å²) in [5, 5.41) is 4.33. The number of carbonyl (C=O) groups is 1. The minimum atomic E-state index is -4.04. The van der Waals surface area contributed by atoms with Gasteiger partial charge in [-0.25, -0.2) is 13.8 Å². The lowest BCUT2D eigenvalue weighted by Crippen LogP contribution is -2.40. The average molecular weight is 486 g/mol. The second kappa shape index (κ2) is 9.51. The molecule has 1 N–H and O–H groups in total. The summed E-state index contributed by atoms with van der Waals surface area (Å²) in [7, 11) is -4.04. The second-order valence-electron chi connectivity index (χ2n) is 7.11. The third-order valence-corrected chi connectivity index (χ3v) is 7.11. The van der Waals surface area contributed by atoms with Crippen LogP contribution in [0.1, 0.15) is 11.1 Å². The lowest BCUT2D eigenvalue weighted by molar-refractivity contribution is -0.119. The van der Waals surface area contributed by atoms with Crippen molar-refractivity contribution in [3.05, 3.63) is 82.9 Å². The Hall–Kier alpha value is -3.56. The van der Waals surface area contributed by atoms with Gasteiger partial charge in [0.2, 0.25) is 6.79 Å². The number of nitrogens with zero attached hydrogens (tertiary/aromatic N) is 2. The third-order valence-electron chi connectivity index (χ3n) is 4.93. The fourth-order valence-electron chi connectivity index (χ4n) is 3.22. The molecule has 10 heteroatoms. The summed E-state index contributed by atoms with van der Waals surface area (Å²) < 4.78 is 38.3. The minimum Gasteiger partial charge on any atom is -0.454 e. The number of sulfonamides is 1. The van der Waals surface area contributed by atoms with Gasteiger partial charge < -0.3 is 9.47 Å². The number of benzene rings is 3. The second-order valence-corrected chi connectivity index (χ2v) is 9.38. The molecule has 0 spiro atoms. The molecule has 3 aromatic rings. The predicted molar refractivity (Wildman–Crippen MR) is 125 cm³/mol. The Morgan fingerprint density at radius 1 is 1.09 bits per heavy atom. The number of hydrogen-bond acceptors (Lipinski definition) is 6. The summed E-state index contributed by atoms with van der Waals surface area (Å²) in [6.07, 6.45) is 1.43. The quantitative estimate of drug-likeness (QED) is 0.406. The number of amides is 1. The molecule has 0 atom stereocenters. The number of hydrogen-bond donors (Lipinski definition) is 1. The maximum Gasteiger partial charge on any atom is 0.264 e. The normalized spacial score (nSPS) is 12.7. The summed E-state index contributed by atoms with van der Waals surface area (Å²) in [5.74, 6) is 0.600. The smallest absolute Gasteiger partial charge is 0.264 e. The van der Waals surface area contributed by atoms with Crippen LogP contribution in [-0.4, -0.2) is 33.9 Å². The molecule has 0 unspecified atom stereocenters. The van der Waals surface area contributed by atoms with Crippen LogP contribution in [0.3, 0.4) is 0 Å². The number of rotatable bonds is 7. The van der Waals surface area contributed by atoms with Crippen molar-refractivity contribution in [2.45, 2.75) is 11.8 Å². The van der Waals surface area contributed by atoms with Gasteiger partial charge in [0.25, 0.3) is 15.9 Å². The van der Waals surface area contributed by atoms with E-state index in [-0.39, 0.29) is 11.7 Å². The van der Waals surface area contributed by atoms with E-state index in [0.717, 1.165) is 4.31 Å². The lowest BCUT2D eigenvalue weighted by atomic mass is 10.2. The van der Waals surface area contributed by atoms with Crippen LogP contribution in [0.25, 0.3) is 0 Å². The fraction of sp³-hybridized carbons (Fsp3) is 0.130. The molecule has 0 aliphatic carbocycles. The van der Waals surface area contributed by atoms with Gasteiger partial charge in [-0.15, -0.1) is 0 Å². The molecule has 1 amide bonds. The van der Waals surface area contributed by atoms with Crippen molar-refractivity contribution in [1.82, 2.24) is 5.43 Å². The topological polar surface area (TPSA) is 97.3 Å². The molecule has 0 saturated carbocycles. The number of ether oxygens (including phenoxy) is 2. The summed E-state index contributed by atoms with van der Waals surface area (Å²) in [4.78, 5) is 12.7. The van der Waals surface area contributed by atoms with Gasteiger partial charge in [-0.05, 0) is 60.5 Å². The Morgan fingerprint density at radius 2 is 1.85 bits per heavy atom. The van der Waals surface area contributed by atoms with E-state index < -0.39 is 22.5 Å². The van der Waals surface area contributed by atoms with Crippen LogP contribution in [0.5, 0.6) is 11.5 Å². The largest absolute Gasteiger partial charge is 0.454 e. The summed E-state index contributed by atoms with van der Waals surface area (Å²) in [6, 6.07) is 18.0. The highest BCUT2D eigenvalue weighted by Gasteiger charge is 2.28. The molecule has 0 saturated heterocycles. The molecule has 33 heavy (non-hydrogen) atoms. The zero-order chi connectivity index (χ0) is 23.4. The van der Waals surface area contributed by atoms with Crippen molar-refractivity contribution in [2.75, 3.05) is 17.6 Å². The number of hydrazone groups is 1. The molecule has 8 nitrogen and oxygen atoms in total. The Morgan fingerprint density at radius 3 is 2.64 bits per heavy atom. The highest BCUT2D eigenvalue weighted by Crippen LogP contribution is 2.32. The van der Waals surface area contributed by atoms with Crippen molar-refractivity contribution in [2.24, 2.45) is 5.10 Å². The predicted octanol–water partition coefficient (Wildman–Crippen LogP) is 3.72. The molecular weight excluding hydrogens is 466 g/mol. The first-order valence-electron chi connectivity index (χ1n) is 9.91. The highest BCUT2D eigenvalue weighted by atomic mass is 35.5. The van der Waals surface area contributed by atoms with Gasteiger partial charge in [-0.1, -0.05) is 35.9 Å². The minimum absolute atomic E-state index is 0.0565. The molecule has 0 fully saturated rings.